The Labute approximate surface area is 255 Å². The molecule has 41 heavy (non-hydrogen) atoms. The van der Waals surface area contributed by atoms with Crippen molar-refractivity contribution >= 4 is 36.7 Å². The lowest BCUT2D eigenvalue weighted by Crippen LogP contribution is -2.62. The van der Waals surface area contributed by atoms with Crippen LogP contribution < -0.4 is 0 Å². The highest BCUT2D eigenvalue weighted by Crippen LogP contribution is 2.68. The zero-order valence-electron chi connectivity index (χ0n) is 28.5. The van der Waals surface area contributed by atoms with Gasteiger partial charge in [-0.15, -0.1) is 0 Å². The van der Waals surface area contributed by atoms with Crippen molar-refractivity contribution in [1.82, 2.24) is 0 Å². The van der Waals surface area contributed by atoms with Crippen molar-refractivity contribution in [3.05, 3.63) is 0 Å². The minimum Gasteiger partial charge on any atom is -0.520 e. The Morgan fingerprint density at radius 2 is 1.51 bits per heavy atom. The first-order valence-corrected chi connectivity index (χ1v) is 27.0. The highest BCUT2D eigenvalue weighted by atomic mass is 28.4. The maximum absolute atomic E-state index is 14.4. The lowest BCUT2D eigenvalue weighted by atomic mass is 9.43. The second kappa shape index (κ2) is 11.6. The topological polar surface area (TPSA) is 61.8 Å². The van der Waals surface area contributed by atoms with Gasteiger partial charge in [0.15, 0.2) is 16.6 Å². The second-order valence-electron chi connectivity index (χ2n) is 17.8. The van der Waals surface area contributed by atoms with Crippen LogP contribution in [-0.4, -0.2) is 48.9 Å². The molecule has 1 unspecified atom stereocenters. The molecule has 0 amide bonds. The van der Waals surface area contributed by atoms with E-state index >= 15 is 0 Å². The lowest BCUT2D eigenvalue weighted by Gasteiger charge is -2.63. The van der Waals surface area contributed by atoms with E-state index in [9.17, 15) is 9.59 Å². The van der Waals surface area contributed by atoms with Crippen LogP contribution in [0.2, 0.25) is 58.9 Å². The predicted molar refractivity (Wildman–Crippen MR) is 175 cm³/mol. The number of carbonyl (C=O) groups is 2. The largest absolute Gasteiger partial charge is 0.520 e. The van der Waals surface area contributed by atoms with Crippen LogP contribution in [0.1, 0.15) is 78.6 Å². The molecule has 0 aromatic carbocycles. The molecule has 0 aromatic rings. The molecule has 0 spiro atoms. The summed E-state index contributed by atoms with van der Waals surface area (Å²) in [5.41, 5.74) is -0.129. The smallest absolute Gasteiger partial charge is 0.292 e. The molecule has 4 aliphatic carbocycles. The van der Waals surface area contributed by atoms with Gasteiger partial charge in [0, 0.05) is 30.5 Å². The minimum atomic E-state index is -1.88. The summed E-state index contributed by atoms with van der Waals surface area (Å²) in [6.07, 6.45) is 9.33. The average molecular weight is 623 g/mol. The third kappa shape index (κ3) is 7.18. The summed E-state index contributed by atoms with van der Waals surface area (Å²) in [4.78, 5) is 27.0. The molecule has 4 fully saturated rings. The van der Waals surface area contributed by atoms with Crippen molar-refractivity contribution in [2.45, 2.75) is 150 Å². The van der Waals surface area contributed by atoms with Crippen LogP contribution in [0.3, 0.4) is 0 Å². The predicted octanol–water partition coefficient (Wildman–Crippen LogP) is 8.67. The Kier molecular flexibility index (Phi) is 9.48. The molecule has 0 N–H and O–H groups in total. The molecular weight excluding hydrogens is 561 g/mol. The number of fused-ring (bicyclic) bond motifs is 5. The van der Waals surface area contributed by atoms with Gasteiger partial charge < -0.3 is 13.3 Å². The highest BCUT2D eigenvalue weighted by Gasteiger charge is 2.66. The Morgan fingerprint density at radius 3 is 2.10 bits per heavy atom. The van der Waals surface area contributed by atoms with Crippen molar-refractivity contribution in [2.75, 3.05) is 0 Å². The third-order valence-corrected chi connectivity index (χ3v) is 14.4. The van der Waals surface area contributed by atoms with Gasteiger partial charge in [0.05, 0.1) is 0 Å². The maximum Gasteiger partial charge on any atom is 0.292 e. The number of ketones is 1. The van der Waals surface area contributed by atoms with E-state index in [-0.39, 0.29) is 22.9 Å². The molecule has 8 heteroatoms. The van der Waals surface area contributed by atoms with Gasteiger partial charge in [-0.25, -0.2) is 0 Å². The van der Waals surface area contributed by atoms with Crippen molar-refractivity contribution in [2.24, 2.45) is 46.3 Å². The molecule has 0 radical (unpaired) electrons. The van der Waals surface area contributed by atoms with Gasteiger partial charge in [0.2, 0.25) is 8.32 Å². The van der Waals surface area contributed by atoms with Crippen molar-refractivity contribution in [3.63, 3.8) is 0 Å². The molecule has 0 bridgehead atoms. The summed E-state index contributed by atoms with van der Waals surface area (Å²) >= 11 is 0. The van der Waals surface area contributed by atoms with Crippen LogP contribution in [0.25, 0.3) is 0 Å². The van der Waals surface area contributed by atoms with Gasteiger partial charge in [0.25, 0.3) is 5.97 Å². The van der Waals surface area contributed by atoms with Crippen LogP contribution in [0, 0.1) is 46.3 Å². The first-order valence-electron chi connectivity index (χ1n) is 16.7. The van der Waals surface area contributed by atoms with Gasteiger partial charge in [0.1, 0.15) is 5.78 Å². The van der Waals surface area contributed by atoms with Crippen LogP contribution in [0.4, 0.5) is 0 Å². The average Bonchev–Trinajstić information content (AvgIpc) is 3.14. The molecule has 236 valence electrons. The molecule has 4 aliphatic rings. The van der Waals surface area contributed by atoms with Gasteiger partial charge in [-0.1, -0.05) is 20.8 Å². The van der Waals surface area contributed by atoms with Gasteiger partial charge in [-0.3, -0.25) is 9.59 Å². The van der Waals surface area contributed by atoms with E-state index in [1.165, 1.54) is 6.42 Å². The van der Waals surface area contributed by atoms with Crippen LogP contribution in [0.5, 0.6) is 0 Å². The first kappa shape index (κ1) is 33.6. The number of hydrogen-bond donors (Lipinski definition) is 0. The zero-order chi connectivity index (χ0) is 30.8. The third-order valence-electron chi connectivity index (χ3n) is 11.5. The molecule has 4 rings (SSSR count). The van der Waals surface area contributed by atoms with E-state index < -0.39 is 25.0 Å². The molecule has 10 atom stereocenters. The Hall–Kier alpha value is -0.289. The van der Waals surface area contributed by atoms with Gasteiger partial charge in [-0.2, -0.15) is 0 Å². The van der Waals surface area contributed by atoms with E-state index in [4.69, 9.17) is 13.3 Å². The molecular formula is C33H62O5Si3. The lowest BCUT2D eigenvalue weighted by molar-refractivity contribution is -0.178. The first-order chi connectivity index (χ1) is 18.6. The van der Waals surface area contributed by atoms with E-state index in [1.807, 2.05) is 0 Å². The standard InChI is InChI=1S/C33H62O5Si3/c1-22(13-16-30(35)38-41(10,11)12)25-14-15-26-31-27(21-29(34)33(25,26)3)32(2)18-17-24(36-39(4,5)6)19-23(32)20-28(31)37-40(7,8)9/h22-28,31H,13-21H2,1-12H3/t22-,23?,24-,25-,26+,27+,28+,31+,32+,33-/m1/s1. The SMILES string of the molecule is C[C@H](CCC(=O)O[Si](C)(C)C)[C@H]1CC[C@H]2[C@@H]3[C@@H](O[Si](C)(C)C)CC4C[C@H](O[Si](C)(C)C)CC[C@]4(C)[C@H]3CC(=O)[C@]12C. The number of carbonyl (C=O) groups excluding carboxylic acids is 2. The van der Waals surface area contributed by atoms with E-state index in [0.29, 0.717) is 60.2 Å². The normalized spacial score (nSPS) is 40.4. The Morgan fingerprint density at radius 1 is 0.878 bits per heavy atom. The number of rotatable bonds is 9. The summed E-state index contributed by atoms with van der Waals surface area (Å²) < 4.78 is 19.5. The molecule has 0 heterocycles. The fourth-order valence-electron chi connectivity index (χ4n) is 9.94. The summed E-state index contributed by atoms with van der Waals surface area (Å²) in [6.45, 7) is 27.2. The highest BCUT2D eigenvalue weighted by molar-refractivity contribution is 6.71. The summed E-state index contributed by atoms with van der Waals surface area (Å²) in [5.74, 6) is 2.90. The Bertz CT molecular complexity index is 981. The summed E-state index contributed by atoms with van der Waals surface area (Å²) in [5, 5.41) is 0. The molecule has 4 saturated carbocycles. The fourth-order valence-corrected chi connectivity index (χ4v) is 13.1. The van der Waals surface area contributed by atoms with Crippen molar-refractivity contribution < 1.29 is 22.9 Å². The van der Waals surface area contributed by atoms with E-state index in [0.717, 1.165) is 38.5 Å². The van der Waals surface area contributed by atoms with Crippen molar-refractivity contribution in [3.8, 4) is 0 Å². The van der Waals surface area contributed by atoms with Crippen LogP contribution in [0.15, 0.2) is 0 Å². The summed E-state index contributed by atoms with van der Waals surface area (Å²) in [7, 11) is -5.27. The zero-order valence-corrected chi connectivity index (χ0v) is 31.5. The molecule has 0 aromatic heterocycles. The second-order valence-corrected chi connectivity index (χ2v) is 31.2. The molecule has 5 nitrogen and oxygen atoms in total. The monoisotopic (exact) mass is 622 g/mol. The minimum absolute atomic E-state index is 0.0608. The van der Waals surface area contributed by atoms with Crippen molar-refractivity contribution in [1.29, 1.82) is 0 Å². The molecule has 0 saturated heterocycles. The quantitative estimate of drug-likeness (QED) is 0.241. The Balaban J connectivity index is 1.59. The van der Waals surface area contributed by atoms with Gasteiger partial charge in [-0.05, 0) is 145 Å². The van der Waals surface area contributed by atoms with E-state index in [1.54, 1.807) is 0 Å². The number of Topliss-reactive ketones (excluding diaryl/α,β-unsaturated/α-hetero) is 1. The van der Waals surface area contributed by atoms with Gasteiger partial charge >= 0.3 is 0 Å². The van der Waals surface area contributed by atoms with Crippen LogP contribution in [-0.2, 0) is 22.9 Å². The molecule has 0 aliphatic heterocycles. The maximum atomic E-state index is 14.4. The van der Waals surface area contributed by atoms with Crippen LogP contribution >= 0.6 is 0 Å². The fraction of sp³-hybridized carbons (Fsp3) is 0.939. The van der Waals surface area contributed by atoms with E-state index in [2.05, 4.69) is 79.7 Å². The summed E-state index contributed by atoms with van der Waals surface area (Å²) in [6, 6.07) is 0. The number of hydrogen-bond acceptors (Lipinski definition) is 5.